The summed E-state index contributed by atoms with van der Waals surface area (Å²) in [6.45, 7) is 9.77. The van der Waals surface area contributed by atoms with Crippen LogP contribution < -0.4 is 10.1 Å². The van der Waals surface area contributed by atoms with Gasteiger partial charge in [0.15, 0.2) is 0 Å². The number of piperazine rings is 1. The molecular weight excluding hydrogens is 272 g/mol. The average Bonchev–Trinajstić information content (AvgIpc) is 2.43. The Hall–Kier alpha value is -0.770. The van der Waals surface area contributed by atoms with Crippen molar-refractivity contribution in [1.29, 1.82) is 0 Å². The predicted molar refractivity (Wildman–Crippen MR) is 84.8 cm³/mol. The zero-order valence-electron chi connectivity index (χ0n) is 12.5. The number of nitrogens with one attached hydrogen (secondary N) is 1. The molecule has 1 fully saturated rings. The lowest BCUT2D eigenvalue weighted by atomic mass is 10.1. The highest BCUT2D eigenvalue weighted by Gasteiger charge is 2.09. The van der Waals surface area contributed by atoms with E-state index in [9.17, 15) is 0 Å². The number of benzene rings is 1. The van der Waals surface area contributed by atoms with Crippen LogP contribution in [0.5, 0.6) is 5.75 Å². The fraction of sp³-hybridized carbons (Fsp3) is 0.625. The molecule has 1 saturated heterocycles. The van der Waals surface area contributed by atoms with Gasteiger partial charge in [0.05, 0.1) is 11.1 Å². The van der Waals surface area contributed by atoms with E-state index in [1.54, 1.807) is 0 Å². The zero-order valence-corrected chi connectivity index (χ0v) is 13.2. The molecular formula is C16H25ClN2O. The van der Waals surface area contributed by atoms with Crippen molar-refractivity contribution in [2.45, 2.75) is 32.8 Å². The maximum Gasteiger partial charge on any atom is 0.138 e. The molecule has 1 heterocycles. The normalized spacial score (nSPS) is 16.6. The summed E-state index contributed by atoms with van der Waals surface area (Å²) in [6, 6.07) is 6.15. The maximum absolute atomic E-state index is 6.26. The van der Waals surface area contributed by atoms with Crippen molar-refractivity contribution in [3.8, 4) is 5.75 Å². The first-order chi connectivity index (χ1) is 9.65. The van der Waals surface area contributed by atoms with Gasteiger partial charge in [-0.3, -0.25) is 0 Å². The summed E-state index contributed by atoms with van der Waals surface area (Å²) >= 11 is 6.26. The maximum atomic E-state index is 6.26. The van der Waals surface area contributed by atoms with Crippen molar-refractivity contribution in [3.63, 3.8) is 0 Å². The van der Waals surface area contributed by atoms with Crippen LogP contribution in [-0.2, 0) is 6.42 Å². The fourth-order valence-electron chi connectivity index (χ4n) is 2.49. The van der Waals surface area contributed by atoms with Crippen LogP contribution in [-0.4, -0.2) is 43.7 Å². The largest absolute Gasteiger partial charge is 0.489 e. The SMILES string of the molecule is CC(C)Oc1ccc(CCCN2CCNCC2)cc1Cl. The molecule has 112 valence electrons. The van der Waals surface area contributed by atoms with E-state index in [1.165, 1.54) is 31.6 Å². The van der Waals surface area contributed by atoms with E-state index in [-0.39, 0.29) is 6.10 Å². The Kier molecular flexibility index (Phi) is 6.14. The molecule has 2 rings (SSSR count). The third-order valence-corrected chi connectivity index (χ3v) is 3.80. The highest BCUT2D eigenvalue weighted by atomic mass is 35.5. The van der Waals surface area contributed by atoms with Gasteiger partial charge in [0.25, 0.3) is 0 Å². The van der Waals surface area contributed by atoms with Gasteiger partial charge in [-0.15, -0.1) is 0 Å². The molecule has 1 N–H and O–H groups in total. The number of halogens is 1. The van der Waals surface area contributed by atoms with Crippen molar-refractivity contribution in [2.75, 3.05) is 32.7 Å². The molecule has 0 spiro atoms. The highest BCUT2D eigenvalue weighted by Crippen LogP contribution is 2.26. The third kappa shape index (κ3) is 4.97. The lowest BCUT2D eigenvalue weighted by molar-refractivity contribution is 0.238. The van der Waals surface area contributed by atoms with Crippen LogP contribution in [0, 0.1) is 0 Å². The molecule has 1 aromatic rings. The number of rotatable bonds is 6. The molecule has 0 unspecified atom stereocenters. The molecule has 3 nitrogen and oxygen atoms in total. The Morgan fingerprint density at radius 2 is 2.05 bits per heavy atom. The van der Waals surface area contributed by atoms with Crippen LogP contribution in [0.4, 0.5) is 0 Å². The minimum absolute atomic E-state index is 0.158. The van der Waals surface area contributed by atoms with Gasteiger partial charge in [-0.2, -0.15) is 0 Å². The molecule has 4 heteroatoms. The summed E-state index contributed by atoms with van der Waals surface area (Å²) in [6.07, 6.45) is 2.41. The summed E-state index contributed by atoms with van der Waals surface area (Å²) in [5.41, 5.74) is 1.29. The van der Waals surface area contributed by atoms with E-state index in [1.807, 2.05) is 26.0 Å². The van der Waals surface area contributed by atoms with E-state index >= 15 is 0 Å². The number of ether oxygens (including phenoxy) is 1. The molecule has 0 aliphatic carbocycles. The first-order valence-corrected chi connectivity index (χ1v) is 7.91. The summed E-state index contributed by atoms with van der Waals surface area (Å²) in [7, 11) is 0. The van der Waals surface area contributed by atoms with Crippen molar-refractivity contribution in [3.05, 3.63) is 28.8 Å². The molecule has 1 aromatic carbocycles. The van der Waals surface area contributed by atoms with E-state index in [0.717, 1.165) is 30.3 Å². The summed E-state index contributed by atoms with van der Waals surface area (Å²) in [5, 5.41) is 4.10. The third-order valence-electron chi connectivity index (χ3n) is 3.51. The molecule has 0 aromatic heterocycles. The summed E-state index contributed by atoms with van der Waals surface area (Å²) in [5.74, 6) is 0.785. The molecule has 20 heavy (non-hydrogen) atoms. The topological polar surface area (TPSA) is 24.5 Å². The van der Waals surface area contributed by atoms with Gasteiger partial charge in [-0.1, -0.05) is 17.7 Å². The number of nitrogens with zero attached hydrogens (tertiary/aromatic N) is 1. The first-order valence-electron chi connectivity index (χ1n) is 7.53. The predicted octanol–water partition coefficient (Wildman–Crippen LogP) is 2.97. The van der Waals surface area contributed by atoms with Gasteiger partial charge >= 0.3 is 0 Å². The Bertz CT molecular complexity index is 417. The van der Waals surface area contributed by atoms with Crippen molar-refractivity contribution < 1.29 is 4.74 Å². The second-order valence-corrected chi connectivity index (χ2v) is 6.03. The van der Waals surface area contributed by atoms with Gasteiger partial charge in [-0.05, 0) is 50.9 Å². The Balaban J connectivity index is 1.79. The van der Waals surface area contributed by atoms with E-state index < -0.39 is 0 Å². The molecule has 0 atom stereocenters. The monoisotopic (exact) mass is 296 g/mol. The minimum Gasteiger partial charge on any atom is -0.489 e. The molecule has 0 saturated carbocycles. The van der Waals surface area contributed by atoms with Gasteiger partial charge in [-0.25, -0.2) is 0 Å². The highest BCUT2D eigenvalue weighted by molar-refractivity contribution is 6.32. The number of hydrogen-bond acceptors (Lipinski definition) is 3. The Morgan fingerprint density at radius 1 is 1.30 bits per heavy atom. The van der Waals surface area contributed by atoms with Crippen LogP contribution in [0.2, 0.25) is 5.02 Å². The van der Waals surface area contributed by atoms with Gasteiger partial charge < -0.3 is 15.0 Å². The van der Waals surface area contributed by atoms with E-state index in [2.05, 4.69) is 16.3 Å². The first kappa shape index (κ1) is 15.6. The van der Waals surface area contributed by atoms with Crippen molar-refractivity contribution in [1.82, 2.24) is 10.2 Å². The standard InChI is InChI=1S/C16H25ClN2O/c1-13(2)20-16-6-5-14(12-15(16)17)4-3-9-19-10-7-18-8-11-19/h5-6,12-13,18H,3-4,7-11H2,1-2H3. The van der Waals surface area contributed by atoms with E-state index in [0.29, 0.717) is 0 Å². The number of aryl methyl sites for hydroxylation is 1. The van der Waals surface area contributed by atoms with Crippen molar-refractivity contribution >= 4 is 11.6 Å². The lowest BCUT2D eigenvalue weighted by Gasteiger charge is -2.27. The van der Waals surface area contributed by atoms with Gasteiger partial charge in [0.2, 0.25) is 0 Å². The second-order valence-electron chi connectivity index (χ2n) is 5.63. The lowest BCUT2D eigenvalue weighted by Crippen LogP contribution is -2.43. The smallest absolute Gasteiger partial charge is 0.138 e. The quantitative estimate of drug-likeness (QED) is 0.873. The van der Waals surface area contributed by atoms with Crippen LogP contribution in [0.3, 0.4) is 0 Å². The second kappa shape index (κ2) is 7.87. The summed E-state index contributed by atoms with van der Waals surface area (Å²) in [4.78, 5) is 2.52. The average molecular weight is 297 g/mol. The Labute approximate surface area is 127 Å². The minimum atomic E-state index is 0.158. The van der Waals surface area contributed by atoms with Crippen LogP contribution >= 0.6 is 11.6 Å². The van der Waals surface area contributed by atoms with E-state index in [4.69, 9.17) is 16.3 Å². The fourth-order valence-corrected chi connectivity index (χ4v) is 2.74. The Morgan fingerprint density at radius 3 is 2.70 bits per heavy atom. The molecule has 0 bridgehead atoms. The van der Waals surface area contributed by atoms with Crippen LogP contribution in [0.25, 0.3) is 0 Å². The van der Waals surface area contributed by atoms with Gasteiger partial charge in [0.1, 0.15) is 5.75 Å². The molecule has 1 aliphatic heterocycles. The molecule has 1 aliphatic rings. The molecule has 0 radical (unpaired) electrons. The van der Waals surface area contributed by atoms with Crippen LogP contribution in [0.15, 0.2) is 18.2 Å². The van der Waals surface area contributed by atoms with Gasteiger partial charge in [0, 0.05) is 26.2 Å². The molecule has 0 amide bonds. The summed E-state index contributed by atoms with van der Waals surface area (Å²) < 4.78 is 5.65. The zero-order chi connectivity index (χ0) is 14.4. The van der Waals surface area contributed by atoms with Crippen LogP contribution in [0.1, 0.15) is 25.8 Å². The number of hydrogen-bond donors (Lipinski definition) is 1. The van der Waals surface area contributed by atoms with Crippen molar-refractivity contribution in [2.24, 2.45) is 0 Å².